The largest absolute Gasteiger partial charge is 0.337 e. The van der Waals surface area contributed by atoms with Gasteiger partial charge in [-0.3, -0.25) is 9.48 Å². The number of aromatic nitrogens is 2. The molecule has 3 atom stereocenters. The van der Waals surface area contributed by atoms with Gasteiger partial charge in [-0.2, -0.15) is 5.10 Å². The third-order valence-electron chi connectivity index (χ3n) is 4.63. The Labute approximate surface area is 138 Å². The second-order valence-electron chi connectivity index (χ2n) is 6.84. The molecule has 3 unspecified atom stereocenters. The predicted molar refractivity (Wildman–Crippen MR) is 89.5 cm³/mol. The summed E-state index contributed by atoms with van der Waals surface area (Å²) in [4.78, 5) is 14.6. The van der Waals surface area contributed by atoms with Crippen molar-refractivity contribution in [2.24, 2.45) is 11.8 Å². The van der Waals surface area contributed by atoms with E-state index in [2.05, 4.69) is 24.3 Å². The second-order valence-corrected chi connectivity index (χ2v) is 6.84. The maximum Gasteiger partial charge on any atom is 0.274 e. The molecule has 1 N–H and O–H groups in total. The number of nitrogens with one attached hydrogen (secondary N) is 1. The summed E-state index contributed by atoms with van der Waals surface area (Å²) in [6.07, 6.45) is 5.49. The van der Waals surface area contributed by atoms with Crippen LogP contribution in [-0.4, -0.2) is 46.8 Å². The molecule has 2 aliphatic heterocycles. The van der Waals surface area contributed by atoms with Crippen molar-refractivity contribution in [3.05, 3.63) is 18.0 Å². The number of piperidine rings is 2. The SMILES string of the molecule is CC1CC(C)CN(C(=O)c2ccn(C3CCCNC3)n2)C1.Cl. The summed E-state index contributed by atoms with van der Waals surface area (Å²) in [6, 6.07) is 2.26. The van der Waals surface area contributed by atoms with Crippen molar-refractivity contribution in [2.45, 2.75) is 39.2 Å². The van der Waals surface area contributed by atoms with Gasteiger partial charge in [-0.25, -0.2) is 0 Å². The number of carbonyl (C=O) groups excluding carboxylic acids is 1. The Morgan fingerprint density at radius 1 is 1.32 bits per heavy atom. The standard InChI is InChI=1S/C16H26N4O.ClH/c1-12-8-13(2)11-19(10-12)16(21)15-5-7-20(18-15)14-4-3-6-17-9-14;/h5,7,12-14,17H,3-4,6,8-11H2,1-2H3;1H. The van der Waals surface area contributed by atoms with E-state index in [4.69, 9.17) is 0 Å². The molecule has 5 nitrogen and oxygen atoms in total. The van der Waals surface area contributed by atoms with Crippen molar-refractivity contribution in [3.63, 3.8) is 0 Å². The number of halogens is 1. The maximum absolute atomic E-state index is 12.6. The Morgan fingerprint density at radius 3 is 2.68 bits per heavy atom. The number of hydrogen-bond acceptors (Lipinski definition) is 3. The van der Waals surface area contributed by atoms with Crippen molar-refractivity contribution in [3.8, 4) is 0 Å². The molecule has 22 heavy (non-hydrogen) atoms. The number of carbonyl (C=O) groups is 1. The molecule has 3 heterocycles. The molecule has 1 aromatic heterocycles. The molecule has 3 rings (SSSR count). The van der Waals surface area contributed by atoms with Gasteiger partial charge < -0.3 is 10.2 Å². The van der Waals surface area contributed by atoms with Crippen LogP contribution in [0.15, 0.2) is 12.3 Å². The van der Waals surface area contributed by atoms with Crippen LogP contribution < -0.4 is 5.32 Å². The van der Waals surface area contributed by atoms with Crippen LogP contribution in [-0.2, 0) is 0 Å². The Bertz CT molecular complexity index is 488. The van der Waals surface area contributed by atoms with Gasteiger partial charge in [-0.05, 0) is 43.7 Å². The summed E-state index contributed by atoms with van der Waals surface area (Å²) in [7, 11) is 0. The zero-order valence-electron chi connectivity index (χ0n) is 13.5. The fourth-order valence-electron chi connectivity index (χ4n) is 3.71. The number of amides is 1. The molecule has 0 bridgehead atoms. The van der Waals surface area contributed by atoms with Gasteiger partial charge in [0.15, 0.2) is 0 Å². The van der Waals surface area contributed by atoms with E-state index in [1.165, 1.54) is 12.8 Å². The lowest BCUT2D eigenvalue weighted by molar-refractivity contribution is 0.0615. The lowest BCUT2D eigenvalue weighted by Crippen LogP contribution is -2.42. The van der Waals surface area contributed by atoms with Crippen LogP contribution in [0.1, 0.15) is 49.6 Å². The van der Waals surface area contributed by atoms with E-state index in [0.717, 1.165) is 32.6 Å². The fraction of sp³-hybridized carbons (Fsp3) is 0.750. The average molecular weight is 327 g/mol. The van der Waals surface area contributed by atoms with E-state index in [0.29, 0.717) is 23.6 Å². The average Bonchev–Trinajstić information content (AvgIpc) is 2.96. The minimum atomic E-state index is 0. The lowest BCUT2D eigenvalue weighted by Gasteiger charge is -2.34. The van der Waals surface area contributed by atoms with Gasteiger partial charge in [0.25, 0.3) is 5.91 Å². The monoisotopic (exact) mass is 326 g/mol. The first-order valence-electron chi connectivity index (χ1n) is 8.18. The van der Waals surface area contributed by atoms with Gasteiger partial charge in [0.05, 0.1) is 6.04 Å². The third kappa shape index (κ3) is 3.82. The number of nitrogens with zero attached hydrogens (tertiary/aromatic N) is 3. The van der Waals surface area contributed by atoms with Crippen molar-refractivity contribution >= 4 is 18.3 Å². The minimum Gasteiger partial charge on any atom is -0.337 e. The summed E-state index contributed by atoms with van der Waals surface area (Å²) in [5, 5.41) is 7.94. The fourth-order valence-corrected chi connectivity index (χ4v) is 3.71. The highest BCUT2D eigenvalue weighted by Crippen LogP contribution is 2.22. The van der Waals surface area contributed by atoms with Crippen LogP contribution in [0.3, 0.4) is 0 Å². The molecule has 124 valence electrons. The Balaban J connectivity index is 0.00000176. The Hall–Kier alpha value is -1.07. The van der Waals surface area contributed by atoms with Crippen LogP contribution in [0.4, 0.5) is 0 Å². The Kier molecular flexibility index (Phi) is 5.87. The topological polar surface area (TPSA) is 50.2 Å². The second kappa shape index (κ2) is 7.47. The van der Waals surface area contributed by atoms with Gasteiger partial charge in [0.1, 0.15) is 5.69 Å². The van der Waals surface area contributed by atoms with Gasteiger partial charge in [0, 0.05) is 25.8 Å². The Morgan fingerprint density at radius 2 is 2.05 bits per heavy atom. The molecule has 0 saturated carbocycles. The molecule has 0 aliphatic carbocycles. The maximum atomic E-state index is 12.6. The van der Waals surface area contributed by atoms with E-state index in [1.54, 1.807) is 0 Å². The molecule has 6 heteroatoms. The highest BCUT2D eigenvalue weighted by molar-refractivity contribution is 5.92. The van der Waals surface area contributed by atoms with Gasteiger partial charge in [-0.15, -0.1) is 12.4 Å². The summed E-state index contributed by atoms with van der Waals surface area (Å²) in [5.74, 6) is 1.26. The molecule has 0 aromatic carbocycles. The predicted octanol–water partition coefficient (Wildman–Crippen LogP) is 2.35. The highest BCUT2D eigenvalue weighted by Gasteiger charge is 2.27. The van der Waals surface area contributed by atoms with E-state index in [9.17, 15) is 4.79 Å². The van der Waals surface area contributed by atoms with Crippen LogP contribution >= 0.6 is 12.4 Å². The first-order valence-corrected chi connectivity index (χ1v) is 8.18. The molecule has 0 radical (unpaired) electrons. The van der Waals surface area contributed by atoms with Gasteiger partial charge in [-0.1, -0.05) is 13.8 Å². The summed E-state index contributed by atoms with van der Waals surface area (Å²) >= 11 is 0. The molecule has 1 amide bonds. The molecule has 2 aliphatic rings. The van der Waals surface area contributed by atoms with Crippen LogP contribution in [0.25, 0.3) is 0 Å². The van der Waals surface area contributed by atoms with Crippen molar-refractivity contribution < 1.29 is 4.79 Å². The minimum absolute atomic E-state index is 0. The van der Waals surface area contributed by atoms with Crippen LogP contribution in [0.2, 0.25) is 0 Å². The molecule has 2 fully saturated rings. The lowest BCUT2D eigenvalue weighted by atomic mass is 9.92. The highest BCUT2D eigenvalue weighted by atomic mass is 35.5. The summed E-state index contributed by atoms with van der Waals surface area (Å²) in [6.45, 7) is 8.21. The molecule has 2 saturated heterocycles. The normalized spacial score (nSPS) is 29.0. The molecular weight excluding hydrogens is 300 g/mol. The number of rotatable bonds is 2. The van der Waals surface area contributed by atoms with Gasteiger partial charge in [0.2, 0.25) is 0 Å². The molecule has 0 spiro atoms. The molecule has 1 aromatic rings. The number of hydrogen-bond donors (Lipinski definition) is 1. The van der Waals surface area contributed by atoms with Crippen molar-refractivity contribution in [1.82, 2.24) is 20.0 Å². The zero-order valence-corrected chi connectivity index (χ0v) is 14.3. The van der Waals surface area contributed by atoms with E-state index in [1.807, 2.05) is 21.8 Å². The summed E-state index contributed by atoms with van der Waals surface area (Å²) < 4.78 is 1.97. The van der Waals surface area contributed by atoms with E-state index in [-0.39, 0.29) is 18.3 Å². The third-order valence-corrected chi connectivity index (χ3v) is 4.63. The first-order chi connectivity index (χ1) is 10.1. The van der Waals surface area contributed by atoms with Crippen molar-refractivity contribution in [1.29, 1.82) is 0 Å². The smallest absolute Gasteiger partial charge is 0.274 e. The number of likely N-dealkylation sites (tertiary alicyclic amines) is 1. The van der Waals surface area contributed by atoms with Crippen LogP contribution in [0, 0.1) is 11.8 Å². The molecular formula is C16H27ClN4O. The zero-order chi connectivity index (χ0) is 14.8. The summed E-state index contributed by atoms with van der Waals surface area (Å²) in [5.41, 5.74) is 0.599. The first kappa shape index (κ1) is 17.3. The quantitative estimate of drug-likeness (QED) is 0.907. The van der Waals surface area contributed by atoms with E-state index < -0.39 is 0 Å². The van der Waals surface area contributed by atoms with E-state index >= 15 is 0 Å². The van der Waals surface area contributed by atoms with Gasteiger partial charge >= 0.3 is 0 Å². The van der Waals surface area contributed by atoms with Crippen molar-refractivity contribution in [2.75, 3.05) is 26.2 Å². The van der Waals surface area contributed by atoms with Crippen LogP contribution in [0.5, 0.6) is 0 Å².